The third-order valence-corrected chi connectivity index (χ3v) is 5.84. The fraction of sp³-hybridized carbons (Fsp3) is 0.292. The van der Waals surface area contributed by atoms with Crippen LogP contribution in [0.3, 0.4) is 0 Å². The second kappa shape index (κ2) is 7.64. The third kappa shape index (κ3) is 3.14. The molecule has 4 heteroatoms. The molecule has 2 fully saturated rings. The highest BCUT2D eigenvalue weighted by Gasteiger charge is 2.44. The van der Waals surface area contributed by atoms with Gasteiger partial charge < -0.3 is 9.47 Å². The SMILES string of the molecule is COc1ccccc1/C=C1\C(=O)/C(=C/c2ccccc2OC)C2CCC1N2C. The third-order valence-electron chi connectivity index (χ3n) is 5.84. The number of methoxy groups -OCH3 is 2. The van der Waals surface area contributed by atoms with E-state index in [1.54, 1.807) is 14.2 Å². The van der Waals surface area contributed by atoms with Crippen molar-refractivity contribution in [1.29, 1.82) is 0 Å². The number of Topliss-reactive ketones (excluding diaryl/α,β-unsaturated/α-hetero) is 1. The Morgan fingerprint density at radius 2 is 1.25 bits per heavy atom. The van der Waals surface area contributed by atoms with Crippen molar-refractivity contribution in [2.75, 3.05) is 21.3 Å². The molecule has 0 amide bonds. The molecule has 144 valence electrons. The summed E-state index contributed by atoms with van der Waals surface area (Å²) >= 11 is 0. The number of nitrogens with zero attached hydrogens (tertiary/aromatic N) is 1. The van der Waals surface area contributed by atoms with Crippen LogP contribution in [0.4, 0.5) is 0 Å². The lowest BCUT2D eigenvalue weighted by molar-refractivity contribution is -0.114. The molecule has 0 spiro atoms. The Kier molecular flexibility index (Phi) is 5.05. The van der Waals surface area contributed by atoms with Gasteiger partial charge in [-0.25, -0.2) is 0 Å². The van der Waals surface area contributed by atoms with Crippen molar-refractivity contribution in [2.24, 2.45) is 0 Å². The Morgan fingerprint density at radius 3 is 1.68 bits per heavy atom. The van der Waals surface area contributed by atoms with Crippen LogP contribution < -0.4 is 9.47 Å². The first-order valence-corrected chi connectivity index (χ1v) is 9.60. The molecule has 2 saturated heterocycles. The summed E-state index contributed by atoms with van der Waals surface area (Å²) in [5.41, 5.74) is 3.54. The first kappa shape index (κ1) is 18.5. The normalized spacial score (nSPS) is 24.8. The minimum Gasteiger partial charge on any atom is -0.496 e. The molecule has 2 aliphatic heterocycles. The molecule has 4 nitrogen and oxygen atoms in total. The van der Waals surface area contributed by atoms with Crippen molar-refractivity contribution < 1.29 is 14.3 Å². The monoisotopic (exact) mass is 375 g/mol. The number of ether oxygens (including phenoxy) is 2. The molecular formula is C24H25NO3. The molecule has 0 aliphatic carbocycles. The molecule has 28 heavy (non-hydrogen) atoms. The van der Waals surface area contributed by atoms with E-state index in [9.17, 15) is 4.79 Å². The molecule has 2 aromatic carbocycles. The number of carbonyl (C=O) groups is 1. The van der Waals surface area contributed by atoms with E-state index in [1.807, 2.05) is 60.7 Å². The lowest BCUT2D eigenvalue weighted by atomic mass is 9.88. The smallest absolute Gasteiger partial charge is 0.188 e. The van der Waals surface area contributed by atoms with Crippen LogP contribution in [0.2, 0.25) is 0 Å². The number of fused-ring (bicyclic) bond motifs is 2. The summed E-state index contributed by atoms with van der Waals surface area (Å²) in [6, 6.07) is 15.9. The van der Waals surface area contributed by atoms with Crippen LogP contribution in [-0.2, 0) is 4.79 Å². The number of para-hydroxylation sites is 2. The zero-order valence-electron chi connectivity index (χ0n) is 16.5. The standard InChI is InChI=1S/C24H25NO3/c1-25-20-12-13-21(25)19(15-17-9-5-7-11-23(17)28-3)24(26)18(20)14-16-8-4-6-10-22(16)27-2/h4-11,14-15,20-21H,12-13H2,1-3H3/b18-14-,19-15+. The molecule has 0 aromatic heterocycles. The highest BCUT2D eigenvalue weighted by molar-refractivity contribution is 6.16. The van der Waals surface area contributed by atoms with Crippen molar-refractivity contribution in [2.45, 2.75) is 24.9 Å². The predicted molar refractivity (Wildman–Crippen MR) is 112 cm³/mol. The average Bonchev–Trinajstić information content (AvgIpc) is 3.04. The van der Waals surface area contributed by atoms with E-state index < -0.39 is 0 Å². The van der Waals surface area contributed by atoms with Gasteiger partial charge in [0.1, 0.15) is 11.5 Å². The van der Waals surface area contributed by atoms with E-state index in [-0.39, 0.29) is 17.9 Å². The molecule has 4 rings (SSSR count). The van der Waals surface area contributed by atoms with E-state index in [1.165, 1.54) is 0 Å². The summed E-state index contributed by atoms with van der Waals surface area (Å²) in [7, 11) is 5.43. The maximum atomic E-state index is 13.5. The van der Waals surface area contributed by atoms with Gasteiger partial charge in [0.2, 0.25) is 0 Å². The topological polar surface area (TPSA) is 38.8 Å². The van der Waals surface area contributed by atoms with Crippen molar-refractivity contribution in [3.8, 4) is 11.5 Å². The summed E-state index contributed by atoms with van der Waals surface area (Å²) in [6.07, 6.45) is 5.97. The van der Waals surface area contributed by atoms with Crippen molar-refractivity contribution >= 4 is 17.9 Å². The fourth-order valence-corrected chi connectivity index (χ4v) is 4.39. The lowest BCUT2D eigenvalue weighted by Crippen LogP contribution is -2.43. The number of benzene rings is 2. The van der Waals surface area contributed by atoms with Gasteiger partial charge in [-0.3, -0.25) is 9.69 Å². The number of likely N-dealkylation sites (N-methyl/N-ethyl adjacent to an activating group) is 1. The molecule has 2 atom stereocenters. The van der Waals surface area contributed by atoms with Gasteiger partial charge in [-0.15, -0.1) is 0 Å². The average molecular weight is 375 g/mol. The van der Waals surface area contributed by atoms with E-state index >= 15 is 0 Å². The number of carbonyl (C=O) groups excluding carboxylic acids is 1. The van der Waals surface area contributed by atoms with Gasteiger partial charge in [-0.05, 0) is 44.2 Å². The van der Waals surface area contributed by atoms with Gasteiger partial charge >= 0.3 is 0 Å². The summed E-state index contributed by atoms with van der Waals surface area (Å²) in [5.74, 6) is 1.68. The lowest BCUT2D eigenvalue weighted by Gasteiger charge is -2.34. The Bertz CT molecular complexity index is 884. The maximum Gasteiger partial charge on any atom is 0.188 e. The number of rotatable bonds is 4. The molecule has 2 unspecified atom stereocenters. The minimum absolute atomic E-state index is 0.127. The zero-order valence-corrected chi connectivity index (χ0v) is 16.5. The molecule has 2 bridgehead atoms. The summed E-state index contributed by atoms with van der Waals surface area (Å²) in [4.78, 5) is 15.8. The molecule has 2 heterocycles. The van der Waals surface area contributed by atoms with Crippen molar-refractivity contribution in [3.05, 3.63) is 70.8 Å². The van der Waals surface area contributed by atoms with Crippen molar-refractivity contribution in [1.82, 2.24) is 4.90 Å². The van der Waals surface area contributed by atoms with E-state index in [0.29, 0.717) is 0 Å². The van der Waals surface area contributed by atoms with Gasteiger partial charge in [0, 0.05) is 34.4 Å². The quantitative estimate of drug-likeness (QED) is 0.750. The number of ketones is 1. The first-order chi connectivity index (χ1) is 13.6. The summed E-state index contributed by atoms with van der Waals surface area (Å²) in [5, 5.41) is 0. The van der Waals surface area contributed by atoms with Crippen LogP contribution in [0, 0.1) is 0 Å². The maximum absolute atomic E-state index is 13.5. The van der Waals surface area contributed by atoms with Crippen LogP contribution in [0.1, 0.15) is 24.0 Å². The van der Waals surface area contributed by atoms with Crippen LogP contribution in [0.15, 0.2) is 59.7 Å². The summed E-state index contributed by atoms with van der Waals surface area (Å²) < 4.78 is 11.0. The highest BCUT2D eigenvalue weighted by atomic mass is 16.5. The predicted octanol–water partition coefficient (Wildman–Crippen LogP) is 4.22. The summed E-state index contributed by atoms with van der Waals surface area (Å²) in [6.45, 7) is 0. The van der Waals surface area contributed by atoms with E-state index in [0.717, 1.165) is 46.6 Å². The van der Waals surface area contributed by atoms with Gasteiger partial charge in [-0.2, -0.15) is 0 Å². The minimum atomic E-state index is 0.127. The van der Waals surface area contributed by atoms with Gasteiger partial charge in [0.25, 0.3) is 0 Å². The molecule has 0 N–H and O–H groups in total. The Balaban J connectivity index is 1.81. The zero-order chi connectivity index (χ0) is 19.7. The largest absolute Gasteiger partial charge is 0.496 e. The molecule has 0 saturated carbocycles. The van der Waals surface area contributed by atoms with Gasteiger partial charge in [-0.1, -0.05) is 36.4 Å². The van der Waals surface area contributed by atoms with Gasteiger partial charge in [0.05, 0.1) is 14.2 Å². The number of hydrogen-bond donors (Lipinski definition) is 0. The molecule has 2 aliphatic rings. The van der Waals surface area contributed by atoms with Crippen LogP contribution in [0.25, 0.3) is 12.2 Å². The van der Waals surface area contributed by atoms with Gasteiger partial charge in [0.15, 0.2) is 5.78 Å². The van der Waals surface area contributed by atoms with E-state index in [4.69, 9.17) is 9.47 Å². The Hall–Kier alpha value is -2.85. The van der Waals surface area contributed by atoms with E-state index in [2.05, 4.69) is 11.9 Å². The number of piperidine rings is 1. The highest BCUT2D eigenvalue weighted by Crippen LogP contribution is 2.41. The molecule has 0 radical (unpaired) electrons. The Morgan fingerprint density at radius 1 is 0.821 bits per heavy atom. The van der Waals surface area contributed by atoms with Crippen LogP contribution in [0.5, 0.6) is 11.5 Å². The molecular weight excluding hydrogens is 350 g/mol. The second-order valence-electron chi connectivity index (χ2n) is 7.29. The first-order valence-electron chi connectivity index (χ1n) is 9.60. The molecule has 2 aromatic rings. The van der Waals surface area contributed by atoms with Crippen LogP contribution in [-0.4, -0.2) is 44.0 Å². The fourth-order valence-electron chi connectivity index (χ4n) is 4.39. The van der Waals surface area contributed by atoms with Crippen LogP contribution >= 0.6 is 0 Å². The second-order valence-corrected chi connectivity index (χ2v) is 7.29. The Labute approximate surface area is 166 Å². The van der Waals surface area contributed by atoms with Crippen molar-refractivity contribution in [3.63, 3.8) is 0 Å². The number of hydrogen-bond acceptors (Lipinski definition) is 4.